The van der Waals surface area contributed by atoms with E-state index in [2.05, 4.69) is 16.3 Å². The molecule has 7 heteroatoms. The van der Waals surface area contributed by atoms with Gasteiger partial charge in [-0.2, -0.15) is 4.79 Å². The number of carbonyl (C=O) groups excluding carboxylic acids is 2. The maximum absolute atomic E-state index is 10.2. The number of aliphatic hydroxyl groups is 1. The summed E-state index contributed by atoms with van der Waals surface area (Å²) in [4.78, 5) is 22.7. The molecule has 0 aromatic heterocycles. The zero-order valence-electron chi connectivity index (χ0n) is 5.39. The summed E-state index contributed by atoms with van der Waals surface area (Å²) in [5.41, 5.74) is 16.3. The van der Waals surface area contributed by atoms with Gasteiger partial charge in [-0.05, 0) is 0 Å². The molecule has 7 nitrogen and oxygen atoms in total. The van der Waals surface area contributed by atoms with Gasteiger partial charge in [0.15, 0.2) is 0 Å². The molecule has 0 aliphatic heterocycles. The van der Waals surface area contributed by atoms with Crippen molar-refractivity contribution in [3.63, 3.8) is 0 Å². The molecule has 0 aromatic carbocycles. The fraction of sp³-hybridized carbons (Fsp3) is 0.250. The molecule has 11 heavy (non-hydrogen) atoms. The molecule has 0 aromatic rings. The van der Waals surface area contributed by atoms with Crippen molar-refractivity contribution in [2.24, 2.45) is 11.5 Å². The van der Waals surface area contributed by atoms with Crippen molar-refractivity contribution in [2.45, 2.75) is 6.10 Å². The molecular formula is C4H6N4O3. The van der Waals surface area contributed by atoms with Crippen LogP contribution in [0.5, 0.6) is 0 Å². The topological polar surface area (TPSA) is 143 Å². The monoisotopic (exact) mass is 158 g/mol. The van der Waals surface area contributed by atoms with Crippen molar-refractivity contribution < 1.29 is 19.5 Å². The highest BCUT2D eigenvalue weighted by Crippen LogP contribution is 1.82. The molecule has 0 bridgehead atoms. The molecule has 0 rings (SSSR count). The zero-order valence-corrected chi connectivity index (χ0v) is 5.39. The predicted octanol–water partition coefficient (Wildman–Crippen LogP) is -3.01. The maximum Gasteiger partial charge on any atom is 0.393 e. The van der Waals surface area contributed by atoms with Gasteiger partial charge in [0.1, 0.15) is 0 Å². The summed E-state index contributed by atoms with van der Waals surface area (Å²) in [6.45, 7) is 0. The summed E-state index contributed by atoms with van der Waals surface area (Å²) < 4.78 is 0. The highest BCUT2D eigenvalue weighted by Gasteiger charge is 2.31. The second-order valence-corrected chi connectivity index (χ2v) is 1.65. The second-order valence-electron chi connectivity index (χ2n) is 1.65. The van der Waals surface area contributed by atoms with Gasteiger partial charge in [-0.3, -0.25) is 9.59 Å². The minimum atomic E-state index is -1.96. The van der Waals surface area contributed by atoms with Crippen molar-refractivity contribution in [3.05, 3.63) is 5.53 Å². The van der Waals surface area contributed by atoms with Crippen LogP contribution in [0.3, 0.4) is 0 Å². The van der Waals surface area contributed by atoms with Gasteiger partial charge in [0.05, 0.1) is 0 Å². The minimum Gasteiger partial charge on any atom is -0.373 e. The Kier molecular flexibility index (Phi) is 2.91. The number of nitrogens with two attached hydrogens (primary N) is 2. The van der Waals surface area contributed by atoms with Crippen LogP contribution >= 0.6 is 0 Å². The first-order chi connectivity index (χ1) is 5.00. The van der Waals surface area contributed by atoms with Gasteiger partial charge in [0, 0.05) is 0 Å². The summed E-state index contributed by atoms with van der Waals surface area (Å²) in [5.74, 6) is -2.42. The van der Waals surface area contributed by atoms with Crippen LogP contribution in [-0.2, 0) is 9.59 Å². The normalized spacial score (nSPS) is 11.4. The molecule has 5 N–H and O–H groups in total. The summed E-state index contributed by atoms with van der Waals surface area (Å²) in [6.07, 6.45) is -1.96. The van der Waals surface area contributed by atoms with Crippen LogP contribution in [0.4, 0.5) is 0 Å². The summed E-state index contributed by atoms with van der Waals surface area (Å²) in [6, 6.07) is 0. The first-order valence-corrected chi connectivity index (χ1v) is 2.49. The summed E-state index contributed by atoms with van der Waals surface area (Å²) in [7, 11) is 0. The molecule has 0 aliphatic rings. The van der Waals surface area contributed by atoms with Gasteiger partial charge < -0.3 is 22.1 Å². The fourth-order valence-corrected chi connectivity index (χ4v) is 0.373. The molecule has 1 unspecified atom stereocenters. The number of amides is 2. The number of carbonyl (C=O) groups is 2. The quantitative estimate of drug-likeness (QED) is 0.228. The number of hydrogen-bond donors (Lipinski definition) is 3. The third-order valence-electron chi connectivity index (χ3n) is 0.889. The van der Waals surface area contributed by atoms with E-state index in [0.717, 1.165) is 0 Å². The summed E-state index contributed by atoms with van der Waals surface area (Å²) in [5, 5.41) is 8.69. The standard InChI is InChI=1S/C4H6N4O3/c5-3(10)1(8-7)2(9)4(6)11/h2,9H,(H2,5,10)(H2,6,11). The van der Waals surface area contributed by atoms with Crippen molar-refractivity contribution in [3.8, 4) is 0 Å². The fourth-order valence-electron chi connectivity index (χ4n) is 0.373. The molecule has 0 aliphatic carbocycles. The predicted molar refractivity (Wildman–Crippen MR) is 33.0 cm³/mol. The SMILES string of the molecule is [N-]=[N+]=C(C(N)=O)C(O)C(N)=O. The van der Waals surface area contributed by atoms with Crippen LogP contribution in [-0.4, -0.2) is 33.5 Å². The Morgan fingerprint density at radius 3 is 2.00 bits per heavy atom. The number of primary amides is 2. The van der Waals surface area contributed by atoms with Gasteiger partial charge in [-0.25, -0.2) is 0 Å². The van der Waals surface area contributed by atoms with Crippen molar-refractivity contribution in [2.75, 3.05) is 0 Å². The lowest BCUT2D eigenvalue weighted by atomic mass is 10.2. The number of nitrogens with zero attached hydrogens (tertiary/aromatic N) is 2. The molecule has 0 heterocycles. The number of hydrogen-bond acceptors (Lipinski definition) is 3. The maximum atomic E-state index is 10.2. The Morgan fingerprint density at radius 2 is 1.91 bits per heavy atom. The van der Waals surface area contributed by atoms with Gasteiger partial charge >= 0.3 is 11.6 Å². The van der Waals surface area contributed by atoms with Crippen molar-refractivity contribution in [1.29, 1.82) is 0 Å². The Balaban J connectivity index is 4.68. The van der Waals surface area contributed by atoms with E-state index >= 15 is 0 Å². The lowest BCUT2D eigenvalue weighted by Crippen LogP contribution is -2.43. The molecule has 0 spiro atoms. The van der Waals surface area contributed by atoms with Crippen molar-refractivity contribution in [1.82, 2.24) is 0 Å². The molecule has 0 saturated heterocycles. The molecular weight excluding hydrogens is 152 g/mol. The Bertz CT molecular complexity index is 242. The van der Waals surface area contributed by atoms with Gasteiger partial charge in [-0.15, -0.1) is 0 Å². The third kappa shape index (κ3) is 2.17. The Morgan fingerprint density at radius 1 is 1.45 bits per heavy atom. The van der Waals surface area contributed by atoms with Crippen LogP contribution in [0.25, 0.3) is 5.53 Å². The van der Waals surface area contributed by atoms with E-state index in [1.165, 1.54) is 0 Å². The largest absolute Gasteiger partial charge is 0.393 e. The van der Waals surface area contributed by atoms with Crippen molar-refractivity contribution >= 4 is 17.5 Å². The average molecular weight is 158 g/mol. The van der Waals surface area contributed by atoms with Crippen LogP contribution in [0, 0.1) is 0 Å². The molecule has 2 amide bonds. The van der Waals surface area contributed by atoms with E-state index < -0.39 is 23.6 Å². The molecule has 60 valence electrons. The first kappa shape index (κ1) is 9.28. The first-order valence-electron chi connectivity index (χ1n) is 2.49. The van der Waals surface area contributed by atoms with Gasteiger partial charge in [-0.1, -0.05) is 0 Å². The smallest absolute Gasteiger partial charge is 0.373 e. The molecule has 0 saturated carbocycles. The van der Waals surface area contributed by atoms with Gasteiger partial charge in [0.2, 0.25) is 6.10 Å². The van der Waals surface area contributed by atoms with E-state index in [0.29, 0.717) is 0 Å². The minimum absolute atomic E-state index is 0.877. The lowest BCUT2D eigenvalue weighted by Gasteiger charge is -1.95. The number of aliphatic hydroxyl groups excluding tert-OH is 1. The summed E-state index contributed by atoms with van der Waals surface area (Å²) >= 11 is 0. The average Bonchev–Trinajstić information content (AvgIpc) is 1.88. The zero-order chi connectivity index (χ0) is 9.02. The number of rotatable bonds is 3. The molecule has 0 radical (unpaired) electrons. The van der Waals surface area contributed by atoms with E-state index in [9.17, 15) is 9.59 Å². The van der Waals surface area contributed by atoms with Crippen LogP contribution in [0.2, 0.25) is 0 Å². The molecule has 1 atom stereocenters. The second kappa shape index (κ2) is 3.45. The van der Waals surface area contributed by atoms with Crippen LogP contribution in [0.1, 0.15) is 0 Å². The van der Waals surface area contributed by atoms with Gasteiger partial charge in [0.25, 0.3) is 5.91 Å². The lowest BCUT2D eigenvalue weighted by molar-refractivity contribution is -0.128. The van der Waals surface area contributed by atoms with Crippen LogP contribution in [0.15, 0.2) is 0 Å². The van der Waals surface area contributed by atoms with E-state index in [4.69, 9.17) is 10.6 Å². The molecule has 0 fully saturated rings. The Hall–Kier alpha value is -1.72. The van der Waals surface area contributed by atoms with E-state index in [-0.39, 0.29) is 0 Å². The Labute approximate surface area is 61.2 Å². The third-order valence-corrected chi connectivity index (χ3v) is 0.889. The highest BCUT2D eigenvalue weighted by atomic mass is 16.3. The highest BCUT2D eigenvalue weighted by molar-refractivity contribution is 6.41. The van der Waals surface area contributed by atoms with E-state index in [1.54, 1.807) is 0 Å². The van der Waals surface area contributed by atoms with Crippen LogP contribution < -0.4 is 11.5 Å². The van der Waals surface area contributed by atoms with E-state index in [1.807, 2.05) is 0 Å².